The Hall–Kier alpha value is -1.07. The molecule has 4 nitrogen and oxygen atoms in total. The van der Waals surface area contributed by atoms with Gasteiger partial charge >= 0.3 is 0 Å². The predicted molar refractivity (Wildman–Crippen MR) is 87.0 cm³/mol. The van der Waals surface area contributed by atoms with Crippen molar-refractivity contribution in [1.29, 1.82) is 0 Å². The second-order valence-electron chi connectivity index (χ2n) is 7.20. The molecule has 2 aliphatic carbocycles. The van der Waals surface area contributed by atoms with E-state index in [2.05, 4.69) is 20.4 Å². The second-order valence-corrected chi connectivity index (χ2v) is 8.22. The summed E-state index contributed by atoms with van der Waals surface area (Å²) in [5.41, 5.74) is -0.0508. The quantitative estimate of drug-likeness (QED) is 0.624. The molecule has 2 fully saturated rings. The number of amides is 2. The summed E-state index contributed by atoms with van der Waals surface area (Å²) < 4.78 is 0. The average molecular weight is 321 g/mol. The zero-order valence-electron chi connectivity index (χ0n) is 13.2. The Balaban J connectivity index is 1.73. The summed E-state index contributed by atoms with van der Waals surface area (Å²) in [7, 11) is 0. The van der Waals surface area contributed by atoms with Crippen molar-refractivity contribution < 1.29 is 14.7 Å². The van der Waals surface area contributed by atoms with Crippen LogP contribution in [0.4, 0.5) is 0 Å². The van der Waals surface area contributed by atoms with Gasteiger partial charge in [-0.1, -0.05) is 19.9 Å². The molecule has 1 heterocycles. The average Bonchev–Trinajstić information content (AvgIpc) is 2.94. The van der Waals surface area contributed by atoms with Crippen molar-refractivity contribution in [1.82, 2.24) is 4.90 Å². The van der Waals surface area contributed by atoms with E-state index in [4.69, 9.17) is 0 Å². The molecule has 22 heavy (non-hydrogen) atoms. The topological polar surface area (TPSA) is 57.6 Å². The largest absolute Gasteiger partial charge is 0.392 e. The highest BCUT2D eigenvalue weighted by molar-refractivity contribution is 8.04. The molecule has 0 unspecified atom stereocenters. The molecule has 120 valence electrons. The van der Waals surface area contributed by atoms with Crippen LogP contribution >= 0.6 is 11.8 Å². The van der Waals surface area contributed by atoms with Gasteiger partial charge in [0.2, 0.25) is 0 Å². The maximum absolute atomic E-state index is 12.3. The van der Waals surface area contributed by atoms with E-state index in [1.165, 1.54) is 22.7 Å². The molecule has 3 aliphatic rings. The van der Waals surface area contributed by atoms with Gasteiger partial charge in [-0.15, -0.1) is 18.3 Å². The summed E-state index contributed by atoms with van der Waals surface area (Å²) in [6.07, 6.45) is 5.70. The van der Waals surface area contributed by atoms with Crippen LogP contribution in [0, 0.1) is 16.7 Å². The SMILES string of the molecule is C=CCN1C(=O)C=C(SC[C@]23CC[C@H](C[C@H]2O)C3(C)C)C1=O. The number of imide groups is 1. The molecule has 0 spiro atoms. The van der Waals surface area contributed by atoms with Crippen LogP contribution in [0.2, 0.25) is 0 Å². The van der Waals surface area contributed by atoms with E-state index in [-0.39, 0.29) is 35.3 Å². The van der Waals surface area contributed by atoms with Gasteiger partial charge in [-0.05, 0) is 30.6 Å². The van der Waals surface area contributed by atoms with E-state index in [1.54, 1.807) is 6.08 Å². The third-order valence-electron chi connectivity index (χ3n) is 6.16. The minimum Gasteiger partial charge on any atom is -0.392 e. The molecular formula is C17H23NO3S. The molecule has 1 N–H and O–H groups in total. The van der Waals surface area contributed by atoms with E-state index < -0.39 is 0 Å². The summed E-state index contributed by atoms with van der Waals surface area (Å²) in [5, 5.41) is 10.5. The number of hydrogen-bond acceptors (Lipinski definition) is 4. The predicted octanol–water partition coefficient (Wildman–Crippen LogP) is 2.35. The standard InChI is InChI=1S/C17H23NO3S/c1-4-7-18-14(20)9-12(15(18)21)22-10-17-6-5-11(8-13(17)19)16(17,2)3/h4,9,11,13,19H,1,5-8,10H2,2-3H3/t11-,13-,17-/m1/s1. The highest BCUT2D eigenvalue weighted by atomic mass is 32.2. The minimum atomic E-state index is -0.300. The fourth-order valence-electron chi connectivity index (χ4n) is 4.48. The van der Waals surface area contributed by atoms with Crippen molar-refractivity contribution in [3.8, 4) is 0 Å². The molecular weight excluding hydrogens is 298 g/mol. The Morgan fingerprint density at radius 2 is 2.23 bits per heavy atom. The Kier molecular flexibility index (Phi) is 3.76. The van der Waals surface area contributed by atoms with Crippen LogP contribution in [0.5, 0.6) is 0 Å². The van der Waals surface area contributed by atoms with Crippen LogP contribution in [0.15, 0.2) is 23.6 Å². The molecule has 0 aromatic heterocycles. The van der Waals surface area contributed by atoms with Gasteiger partial charge in [0.1, 0.15) is 0 Å². The number of carbonyl (C=O) groups is 2. The van der Waals surface area contributed by atoms with E-state index >= 15 is 0 Å². The molecule has 3 atom stereocenters. The molecule has 3 rings (SSSR count). The minimum absolute atomic E-state index is 0.0897. The Bertz CT molecular complexity index is 568. The zero-order chi connectivity index (χ0) is 16.1. The van der Waals surface area contributed by atoms with Gasteiger partial charge in [0, 0.05) is 23.8 Å². The molecule has 2 saturated carbocycles. The highest BCUT2D eigenvalue weighted by Gasteiger charge is 2.63. The van der Waals surface area contributed by atoms with Crippen molar-refractivity contribution in [2.45, 2.75) is 39.2 Å². The summed E-state index contributed by atoms with van der Waals surface area (Å²) in [4.78, 5) is 25.8. The smallest absolute Gasteiger partial charge is 0.267 e. The van der Waals surface area contributed by atoms with Crippen molar-refractivity contribution in [3.63, 3.8) is 0 Å². The second kappa shape index (κ2) is 5.24. The summed E-state index contributed by atoms with van der Waals surface area (Å²) in [6.45, 7) is 8.30. The normalized spacial score (nSPS) is 36.1. The first-order valence-electron chi connectivity index (χ1n) is 7.83. The van der Waals surface area contributed by atoms with Crippen molar-refractivity contribution in [2.75, 3.05) is 12.3 Å². The summed E-state index contributed by atoms with van der Waals surface area (Å²) in [6, 6.07) is 0. The number of aliphatic hydroxyl groups is 1. The van der Waals surface area contributed by atoms with Crippen LogP contribution in [0.1, 0.15) is 33.1 Å². The first-order chi connectivity index (χ1) is 10.3. The first kappa shape index (κ1) is 15.8. The molecule has 0 saturated heterocycles. The molecule has 5 heteroatoms. The van der Waals surface area contributed by atoms with Crippen molar-refractivity contribution >= 4 is 23.6 Å². The maximum atomic E-state index is 12.3. The lowest BCUT2D eigenvalue weighted by molar-refractivity contribution is -0.136. The number of fused-ring (bicyclic) bond motifs is 2. The van der Waals surface area contributed by atoms with Crippen molar-refractivity contribution in [3.05, 3.63) is 23.6 Å². The molecule has 0 radical (unpaired) electrons. The van der Waals surface area contributed by atoms with E-state index in [9.17, 15) is 14.7 Å². The number of carbonyl (C=O) groups excluding carboxylic acids is 2. The van der Waals surface area contributed by atoms with Crippen LogP contribution < -0.4 is 0 Å². The van der Waals surface area contributed by atoms with Gasteiger partial charge in [-0.2, -0.15) is 0 Å². The number of rotatable bonds is 5. The molecule has 2 amide bonds. The summed E-state index contributed by atoms with van der Waals surface area (Å²) >= 11 is 1.43. The third kappa shape index (κ3) is 2.02. The van der Waals surface area contributed by atoms with Crippen LogP contribution in [0.3, 0.4) is 0 Å². The lowest BCUT2D eigenvalue weighted by atomic mass is 9.70. The van der Waals surface area contributed by atoms with Crippen LogP contribution in [0.25, 0.3) is 0 Å². The Morgan fingerprint density at radius 1 is 1.50 bits per heavy atom. The van der Waals surface area contributed by atoms with Gasteiger partial charge in [-0.3, -0.25) is 14.5 Å². The maximum Gasteiger partial charge on any atom is 0.267 e. The Labute approximate surface area is 135 Å². The highest BCUT2D eigenvalue weighted by Crippen LogP contribution is 2.66. The first-order valence-corrected chi connectivity index (χ1v) is 8.81. The zero-order valence-corrected chi connectivity index (χ0v) is 14.0. The fraction of sp³-hybridized carbons (Fsp3) is 0.647. The lowest BCUT2D eigenvalue weighted by Gasteiger charge is -2.40. The molecule has 0 aromatic carbocycles. The number of aliphatic hydroxyl groups excluding tert-OH is 1. The third-order valence-corrected chi connectivity index (χ3v) is 7.42. The van der Waals surface area contributed by atoms with Crippen LogP contribution in [-0.2, 0) is 9.59 Å². The molecule has 1 aliphatic heterocycles. The lowest BCUT2D eigenvalue weighted by Crippen LogP contribution is -2.41. The monoisotopic (exact) mass is 321 g/mol. The van der Waals surface area contributed by atoms with Gasteiger partial charge in [0.15, 0.2) is 0 Å². The van der Waals surface area contributed by atoms with E-state index in [1.807, 2.05) is 0 Å². The van der Waals surface area contributed by atoms with Gasteiger partial charge in [0.25, 0.3) is 11.8 Å². The van der Waals surface area contributed by atoms with E-state index in [0.717, 1.165) is 19.3 Å². The van der Waals surface area contributed by atoms with Gasteiger partial charge in [0.05, 0.1) is 11.0 Å². The van der Waals surface area contributed by atoms with Gasteiger partial charge in [-0.25, -0.2) is 0 Å². The van der Waals surface area contributed by atoms with Crippen LogP contribution in [-0.4, -0.2) is 40.2 Å². The Morgan fingerprint density at radius 3 is 2.77 bits per heavy atom. The van der Waals surface area contributed by atoms with Gasteiger partial charge < -0.3 is 5.11 Å². The fourth-order valence-corrected chi connectivity index (χ4v) is 6.02. The number of hydrogen-bond donors (Lipinski definition) is 1. The number of thioether (sulfide) groups is 1. The summed E-state index contributed by atoms with van der Waals surface area (Å²) in [5.74, 6) is 0.770. The number of nitrogens with zero attached hydrogens (tertiary/aromatic N) is 1. The van der Waals surface area contributed by atoms with E-state index in [0.29, 0.717) is 16.6 Å². The molecule has 0 aromatic rings. The molecule has 2 bridgehead atoms. The van der Waals surface area contributed by atoms with Crippen molar-refractivity contribution in [2.24, 2.45) is 16.7 Å².